The van der Waals surface area contributed by atoms with Gasteiger partial charge in [-0.05, 0) is 25.7 Å². The quantitative estimate of drug-likeness (QED) is 0.596. The number of hydrogen-bond acceptors (Lipinski definition) is 3. The van der Waals surface area contributed by atoms with E-state index in [4.69, 9.17) is 10.5 Å². The monoisotopic (exact) mass is 267 g/mol. The molecule has 108 valence electrons. The van der Waals surface area contributed by atoms with Gasteiger partial charge in [-0.1, -0.05) is 38.5 Å². The molecule has 3 N–H and O–H groups in total. The molecule has 0 heterocycles. The summed E-state index contributed by atoms with van der Waals surface area (Å²) in [5.74, 6) is 0. The SMILES string of the molecule is NC(=O)OC(=NC1CCCCC1)NC1CCCCC1. The summed E-state index contributed by atoms with van der Waals surface area (Å²) in [6, 6.07) is 0.987. The van der Waals surface area contributed by atoms with E-state index in [2.05, 4.69) is 10.3 Å². The molecule has 2 saturated carbocycles. The van der Waals surface area contributed by atoms with Crippen LogP contribution in [0.15, 0.2) is 4.99 Å². The van der Waals surface area contributed by atoms with E-state index < -0.39 is 6.09 Å². The molecule has 2 aliphatic carbocycles. The molecule has 0 aromatic carbocycles. The van der Waals surface area contributed by atoms with Gasteiger partial charge in [0.25, 0.3) is 6.02 Å². The maximum absolute atomic E-state index is 11.0. The Morgan fingerprint density at radius 3 is 2.16 bits per heavy atom. The highest BCUT2D eigenvalue weighted by atomic mass is 16.6. The second-order valence-electron chi connectivity index (χ2n) is 5.63. The lowest BCUT2D eigenvalue weighted by atomic mass is 9.95. The Kier molecular flexibility index (Phi) is 5.48. The first-order valence-electron chi connectivity index (χ1n) is 7.55. The fraction of sp³-hybridized carbons (Fsp3) is 0.857. The first-order valence-corrected chi connectivity index (χ1v) is 7.55. The van der Waals surface area contributed by atoms with Crippen LogP contribution < -0.4 is 11.1 Å². The van der Waals surface area contributed by atoms with Crippen LogP contribution in [0.1, 0.15) is 64.2 Å². The number of nitrogens with zero attached hydrogens (tertiary/aromatic N) is 1. The highest BCUT2D eigenvalue weighted by Crippen LogP contribution is 2.21. The Morgan fingerprint density at radius 2 is 1.58 bits per heavy atom. The zero-order valence-corrected chi connectivity index (χ0v) is 11.6. The van der Waals surface area contributed by atoms with Crippen LogP contribution in [0.25, 0.3) is 0 Å². The summed E-state index contributed by atoms with van der Waals surface area (Å²) in [5.41, 5.74) is 5.12. The first kappa shape index (κ1) is 14.2. The topological polar surface area (TPSA) is 76.7 Å². The van der Waals surface area contributed by atoms with Gasteiger partial charge in [-0.25, -0.2) is 9.79 Å². The zero-order chi connectivity index (χ0) is 13.5. The molecule has 0 saturated heterocycles. The molecule has 0 atom stereocenters. The van der Waals surface area contributed by atoms with Crippen LogP contribution in [0, 0.1) is 0 Å². The lowest BCUT2D eigenvalue weighted by Gasteiger charge is -2.25. The standard InChI is InChI=1S/C14H25N3O2/c15-13(18)19-14(16-11-7-3-1-4-8-11)17-12-9-5-2-6-10-12/h11-12H,1-10H2,(H2,15,18)(H,16,17). The van der Waals surface area contributed by atoms with Crippen molar-refractivity contribution in [3.63, 3.8) is 0 Å². The third-order valence-corrected chi connectivity index (χ3v) is 4.00. The molecule has 0 unspecified atom stereocenters. The lowest BCUT2D eigenvalue weighted by molar-refractivity contribution is 0.203. The van der Waals surface area contributed by atoms with Crippen LogP contribution in [-0.2, 0) is 4.74 Å². The van der Waals surface area contributed by atoms with Crippen LogP contribution in [-0.4, -0.2) is 24.2 Å². The number of primary amides is 1. The van der Waals surface area contributed by atoms with Crippen LogP contribution in [0.2, 0.25) is 0 Å². The number of ether oxygens (including phenoxy) is 1. The number of amides is 1. The Labute approximate surface area is 115 Å². The molecule has 0 bridgehead atoms. The van der Waals surface area contributed by atoms with Crippen LogP contribution in [0.3, 0.4) is 0 Å². The fourth-order valence-electron chi connectivity index (χ4n) is 2.99. The zero-order valence-electron chi connectivity index (χ0n) is 11.6. The summed E-state index contributed by atoms with van der Waals surface area (Å²) in [7, 11) is 0. The number of carbonyl (C=O) groups is 1. The van der Waals surface area contributed by atoms with Gasteiger partial charge >= 0.3 is 6.09 Å². The van der Waals surface area contributed by atoms with Crippen molar-refractivity contribution < 1.29 is 9.53 Å². The Morgan fingerprint density at radius 1 is 1.00 bits per heavy atom. The molecule has 0 aliphatic heterocycles. The molecule has 5 nitrogen and oxygen atoms in total. The van der Waals surface area contributed by atoms with Crippen LogP contribution in [0.5, 0.6) is 0 Å². The molecular weight excluding hydrogens is 242 g/mol. The maximum atomic E-state index is 11.0. The van der Waals surface area contributed by atoms with E-state index in [1.54, 1.807) is 0 Å². The van der Waals surface area contributed by atoms with Gasteiger partial charge < -0.3 is 15.8 Å². The second-order valence-corrected chi connectivity index (χ2v) is 5.63. The van der Waals surface area contributed by atoms with E-state index in [0.717, 1.165) is 25.7 Å². The van der Waals surface area contributed by atoms with Crippen molar-refractivity contribution >= 4 is 12.1 Å². The molecule has 2 aliphatic rings. The Balaban J connectivity index is 1.92. The van der Waals surface area contributed by atoms with Gasteiger partial charge in [-0.3, -0.25) is 0 Å². The summed E-state index contributed by atoms with van der Waals surface area (Å²) >= 11 is 0. The van der Waals surface area contributed by atoms with E-state index in [1.165, 1.54) is 38.5 Å². The summed E-state index contributed by atoms with van der Waals surface area (Å²) < 4.78 is 5.03. The van der Waals surface area contributed by atoms with Gasteiger partial charge in [0.15, 0.2) is 0 Å². The number of hydrogen-bond donors (Lipinski definition) is 2. The maximum Gasteiger partial charge on any atom is 0.412 e. The van der Waals surface area contributed by atoms with Crippen molar-refractivity contribution in [1.82, 2.24) is 5.32 Å². The molecule has 0 radical (unpaired) electrons. The van der Waals surface area contributed by atoms with Crippen molar-refractivity contribution in [3.8, 4) is 0 Å². The molecule has 5 heteroatoms. The molecular formula is C14H25N3O2. The fourth-order valence-corrected chi connectivity index (χ4v) is 2.99. The third-order valence-electron chi connectivity index (χ3n) is 4.00. The first-order chi connectivity index (χ1) is 9.24. The summed E-state index contributed by atoms with van der Waals surface area (Å²) in [6.07, 6.45) is 11.1. The Hall–Kier alpha value is -1.26. The van der Waals surface area contributed by atoms with Gasteiger partial charge in [0.1, 0.15) is 0 Å². The van der Waals surface area contributed by atoms with Gasteiger partial charge in [0.2, 0.25) is 0 Å². The van der Waals surface area contributed by atoms with Crippen molar-refractivity contribution in [2.24, 2.45) is 10.7 Å². The number of aliphatic imine (C=N–C) groups is 1. The molecule has 0 spiro atoms. The number of nitrogens with one attached hydrogen (secondary N) is 1. The van der Waals surface area contributed by atoms with Crippen molar-refractivity contribution in [2.75, 3.05) is 0 Å². The summed E-state index contributed by atoms with van der Waals surface area (Å²) in [5, 5.41) is 3.26. The van der Waals surface area contributed by atoms with E-state index in [-0.39, 0.29) is 6.04 Å². The van der Waals surface area contributed by atoms with Gasteiger partial charge in [-0.15, -0.1) is 0 Å². The summed E-state index contributed by atoms with van der Waals surface area (Å²) in [6.45, 7) is 0. The van der Waals surface area contributed by atoms with Crippen molar-refractivity contribution in [1.29, 1.82) is 0 Å². The largest absolute Gasteiger partial charge is 0.412 e. The minimum absolute atomic E-state index is 0.277. The van der Waals surface area contributed by atoms with Crippen molar-refractivity contribution in [2.45, 2.75) is 76.3 Å². The summed E-state index contributed by atoms with van der Waals surface area (Å²) in [4.78, 5) is 15.5. The normalized spacial score (nSPS) is 23.1. The molecule has 2 fully saturated rings. The predicted octanol–water partition coefficient (Wildman–Crippen LogP) is 2.69. The molecule has 1 amide bonds. The van der Waals surface area contributed by atoms with E-state index in [0.29, 0.717) is 12.1 Å². The minimum Gasteiger partial charge on any atom is -0.376 e. The lowest BCUT2D eigenvalue weighted by Crippen LogP contribution is -2.40. The molecule has 2 rings (SSSR count). The van der Waals surface area contributed by atoms with Crippen LogP contribution in [0.4, 0.5) is 4.79 Å². The van der Waals surface area contributed by atoms with Gasteiger partial charge in [-0.2, -0.15) is 0 Å². The number of nitrogens with two attached hydrogens (primary N) is 1. The van der Waals surface area contributed by atoms with E-state index >= 15 is 0 Å². The molecule has 19 heavy (non-hydrogen) atoms. The number of rotatable bonds is 2. The Bertz CT molecular complexity index is 319. The van der Waals surface area contributed by atoms with Crippen LogP contribution >= 0.6 is 0 Å². The average molecular weight is 267 g/mol. The highest BCUT2D eigenvalue weighted by Gasteiger charge is 2.19. The second kappa shape index (κ2) is 7.36. The van der Waals surface area contributed by atoms with E-state index in [9.17, 15) is 4.79 Å². The predicted molar refractivity (Wildman–Crippen MR) is 75.0 cm³/mol. The van der Waals surface area contributed by atoms with Gasteiger partial charge in [0, 0.05) is 6.04 Å². The number of amidine groups is 1. The molecule has 0 aromatic heterocycles. The highest BCUT2D eigenvalue weighted by molar-refractivity contribution is 5.86. The number of carbonyl (C=O) groups excluding carboxylic acids is 1. The molecule has 0 aromatic rings. The van der Waals surface area contributed by atoms with Gasteiger partial charge in [0.05, 0.1) is 6.04 Å². The minimum atomic E-state index is -0.780. The third kappa shape index (κ3) is 5.09. The average Bonchev–Trinajstić information content (AvgIpc) is 2.40. The van der Waals surface area contributed by atoms with Crippen molar-refractivity contribution in [3.05, 3.63) is 0 Å². The smallest absolute Gasteiger partial charge is 0.376 e. The van der Waals surface area contributed by atoms with E-state index in [1.807, 2.05) is 0 Å².